The van der Waals surface area contributed by atoms with E-state index >= 15 is 0 Å². The summed E-state index contributed by atoms with van der Waals surface area (Å²) in [6.45, 7) is 3.19. The molecule has 0 bridgehead atoms. The van der Waals surface area contributed by atoms with Crippen LogP contribution in [-0.2, 0) is 19.2 Å². The van der Waals surface area contributed by atoms with Crippen LogP contribution in [0.25, 0.3) is 0 Å². The van der Waals surface area contributed by atoms with E-state index < -0.39 is 11.3 Å². The number of rotatable bonds is 4. The molecule has 2 heterocycles. The summed E-state index contributed by atoms with van der Waals surface area (Å²) in [7, 11) is 0. The van der Waals surface area contributed by atoms with E-state index in [1.54, 1.807) is 0 Å². The monoisotopic (exact) mass is 256 g/mol. The van der Waals surface area contributed by atoms with Crippen molar-refractivity contribution in [2.75, 3.05) is 12.3 Å². The number of nitrogens with zero attached hydrogens (tertiary/aromatic N) is 1. The van der Waals surface area contributed by atoms with Crippen LogP contribution < -0.4 is 0 Å². The van der Waals surface area contributed by atoms with Crippen molar-refractivity contribution in [3.05, 3.63) is 0 Å². The summed E-state index contributed by atoms with van der Waals surface area (Å²) in [6.07, 6.45) is 0.153. The Hall–Kier alpha value is -1.01. The fourth-order valence-electron chi connectivity index (χ4n) is 2.32. The SMILES string of the molecule is CC(=O)CSC1CC(=O)[N+]2(CC2C(C)=O)C1=O. The van der Waals surface area contributed by atoms with E-state index in [0.29, 0.717) is 6.54 Å². The van der Waals surface area contributed by atoms with Gasteiger partial charge in [0.05, 0.1) is 12.2 Å². The molecule has 17 heavy (non-hydrogen) atoms. The molecule has 0 aromatic heterocycles. The second-order valence-corrected chi connectivity index (χ2v) is 5.81. The zero-order valence-electron chi connectivity index (χ0n) is 9.76. The summed E-state index contributed by atoms with van der Waals surface area (Å²) < 4.78 is -0.287. The molecule has 2 fully saturated rings. The van der Waals surface area contributed by atoms with Gasteiger partial charge in [0.1, 0.15) is 11.0 Å². The summed E-state index contributed by atoms with van der Waals surface area (Å²) in [4.78, 5) is 46.0. The molecule has 0 aliphatic carbocycles. The minimum Gasteiger partial charge on any atom is -0.299 e. The van der Waals surface area contributed by atoms with Gasteiger partial charge in [-0.2, -0.15) is 4.48 Å². The number of ketones is 2. The number of thioether (sulfide) groups is 1. The van der Waals surface area contributed by atoms with Gasteiger partial charge in [0.15, 0.2) is 12.3 Å². The van der Waals surface area contributed by atoms with Crippen molar-refractivity contribution in [3.63, 3.8) is 0 Å². The fourth-order valence-corrected chi connectivity index (χ4v) is 3.35. The molecule has 0 aromatic rings. The summed E-state index contributed by atoms with van der Waals surface area (Å²) >= 11 is 1.21. The molecule has 92 valence electrons. The predicted molar refractivity (Wildman–Crippen MR) is 61.2 cm³/mol. The van der Waals surface area contributed by atoms with Gasteiger partial charge < -0.3 is 0 Å². The first-order valence-electron chi connectivity index (χ1n) is 5.46. The van der Waals surface area contributed by atoms with Crippen molar-refractivity contribution in [2.24, 2.45) is 0 Å². The van der Waals surface area contributed by atoms with E-state index in [1.165, 1.54) is 25.6 Å². The Morgan fingerprint density at radius 3 is 2.47 bits per heavy atom. The molecule has 3 atom stereocenters. The van der Waals surface area contributed by atoms with Crippen molar-refractivity contribution in [2.45, 2.75) is 31.6 Å². The molecule has 2 rings (SSSR count). The van der Waals surface area contributed by atoms with Crippen LogP contribution in [0.15, 0.2) is 0 Å². The van der Waals surface area contributed by atoms with Gasteiger partial charge in [-0.1, -0.05) is 0 Å². The fraction of sp³-hybridized carbons (Fsp3) is 0.636. The Bertz CT molecular complexity index is 433. The first-order valence-corrected chi connectivity index (χ1v) is 6.51. The van der Waals surface area contributed by atoms with Crippen LogP contribution >= 0.6 is 11.8 Å². The number of imide groups is 1. The second kappa shape index (κ2) is 4.03. The maximum atomic E-state index is 12.1. The number of hydrogen-bond donors (Lipinski definition) is 0. The lowest BCUT2D eigenvalue weighted by molar-refractivity contribution is -0.640. The van der Waals surface area contributed by atoms with Crippen LogP contribution in [0.2, 0.25) is 0 Å². The number of quaternary nitrogens is 1. The Morgan fingerprint density at radius 1 is 1.35 bits per heavy atom. The van der Waals surface area contributed by atoms with Crippen LogP contribution in [0.4, 0.5) is 0 Å². The Morgan fingerprint density at radius 2 is 2.00 bits per heavy atom. The molecule has 2 amide bonds. The van der Waals surface area contributed by atoms with Gasteiger partial charge in [0.25, 0.3) is 0 Å². The van der Waals surface area contributed by atoms with Crippen LogP contribution in [0.3, 0.4) is 0 Å². The third-order valence-electron chi connectivity index (χ3n) is 3.29. The normalized spacial score (nSPS) is 35.4. The van der Waals surface area contributed by atoms with E-state index in [1.807, 2.05) is 0 Å². The van der Waals surface area contributed by atoms with Crippen LogP contribution in [0, 0.1) is 0 Å². The van der Waals surface area contributed by atoms with Crippen LogP contribution in [-0.4, -0.2) is 51.5 Å². The first-order chi connectivity index (χ1) is 7.89. The van der Waals surface area contributed by atoms with Crippen LogP contribution in [0.1, 0.15) is 20.3 Å². The highest BCUT2D eigenvalue weighted by Gasteiger charge is 2.73. The maximum absolute atomic E-state index is 12.1. The van der Waals surface area contributed by atoms with Gasteiger partial charge in [-0.05, 0) is 6.92 Å². The zero-order valence-corrected chi connectivity index (χ0v) is 10.6. The summed E-state index contributed by atoms with van der Waals surface area (Å²) in [5, 5.41) is -0.448. The molecule has 2 aliphatic rings. The van der Waals surface area contributed by atoms with Crippen molar-refractivity contribution in [3.8, 4) is 0 Å². The Balaban J connectivity index is 2.08. The lowest BCUT2D eigenvalue weighted by Crippen LogP contribution is -2.38. The summed E-state index contributed by atoms with van der Waals surface area (Å²) in [6, 6.07) is -0.460. The minimum atomic E-state index is -0.460. The quantitative estimate of drug-likeness (QED) is 0.400. The van der Waals surface area contributed by atoms with E-state index in [9.17, 15) is 19.2 Å². The van der Waals surface area contributed by atoms with Crippen molar-refractivity contribution < 1.29 is 23.7 Å². The molecule has 5 nitrogen and oxygen atoms in total. The Labute approximate surface area is 103 Å². The lowest BCUT2D eigenvalue weighted by Gasteiger charge is -2.07. The summed E-state index contributed by atoms with van der Waals surface area (Å²) in [5.74, 6) is -0.238. The Kier molecular flexibility index (Phi) is 2.95. The number of carbonyl (C=O) groups excluding carboxylic acids is 4. The van der Waals surface area contributed by atoms with Gasteiger partial charge in [-0.15, -0.1) is 11.8 Å². The number of carbonyl (C=O) groups is 4. The average molecular weight is 256 g/mol. The van der Waals surface area contributed by atoms with Gasteiger partial charge in [-0.25, -0.2) is 9.59 Å². The van der Waals surface area contributed by atoms with Crippen LogP contribution in [0.5, 0.6) is 0 Å². The van der Waals surface area contributed by atoms with Gasteiger partial charge >= 0.3 is 11.8 Å². The highest BCUT2D eigenvalue weighted by Crippen LogP contribution is 2.43. The third-order valence-corrected chi connectivity index (χ3v) is 4.63. The lowest BCUT2D eigenvalue weighted by atomic mass is 10.3. The predicted octanol–water partition coefficient (Wildman–Crippen LogP) is -0.0779. The highest BCUT2D eigenvalue weighted by atomic mass is 32.2. The van der Waals surface area contributed by atoms with E-state index in [2.05, 4.69) is 0 Å². The van der Waals surface area contributed by atoms with E-state index in [4.69, 9.17) is 0 Å². The molecular formula is C11H14NO4S+. The van der Waals surface area contributed by atoms with Crippen molar-refractivity contribution in [1.82, 2.24) is 0 Å². The smallest absolute Gasteiger partial charge is 0.299 e. The number of hydrogen-bond acceptors (Lipinski definition) is 5. The highest BCUT2D eigenvalue weighted by molar-refractivity contribution is 8.01. The maximum Gasteiger partial charge on any atom is 0.335 e. The molecular weight excluding hydrogens is 242 g/mol. The van der Waals surface area contributed by atoms with Gasteiger partial charge in [0, 0.05) is 6.92 Å². The third kappa shape index (κ3) is 1.85. The van der Waals surface area contributed by atoms with Crippen molar-refractivity contribution >= 4 is 35.1 Å². The van der Waals surface area contributed by atoms with E-state index in [0.717, 1.165) is 0 Å². The number of Topliss-reactive ketones (excluding diaryl/α,β-unsaturated/α-hetero) is 2. The van der Waals surface area contributed by atoms with Gasteiger partial charge in [-0.3, -0.25) is 9.59 Å². The average Bonchev–Trinajstić information content (AvgIpc) is 2.94. The molecule has 0 aromatic carbocycles. The zero-order chi connectivity index (χ0) is 12.8. The number of amides is 2. The molecule has 2 saturated heterocycles. The topological polar surface area (TPSA) is 68.3 Å². The largest absolute Gasteiger partial charge is 0.335 e. The molecule has 3 unspecified atom stereocenters. The molecule has 0 N–H and O–H groups in total. The van der Waals surface area contributed by atoms with Crippen molar-refractivity contribution in [1.29, 1.82) is 0 Å². The first kappa shape index (κ1) is 12.4. The minimum absolute atomic E-state index is 0.0115. The molecule has 0 saturated carbocycles. The molecule has 2 aliphatic heterocycles. The standard InChI is InChI=1S/C11H14NO4S/c1-6(13)5-17-9-3-10(15)12(11(9)16)4-8(12)7(2)14/h8-9H,3-5H2,1-2H3/q+1. The summed E-state index contributed by atoms with van der Waals surface area (Å²) in [5.41, 5.74) is 0. The molecule has 1 spiro atoms. The molecule has 0 radical (unpaired) electrons. The second-order valence-electron chi connectivity index (χ2n) is 4.62. The van der Waals surface area contributed by atoms with E-state index in [-0.39, 0.29) is 40.0 Å². The van der Waals surface area contributed by atoms with Gasteiger partial charge in [0.2, 0.25) is 6.04 Å². The molecule has 6 heteroatoms.